The van der Waals surface area contributed by atoms with Crippen molar-refractivity contribution in [3.63, 3.8) is 0 Å². The first-order chi connectivity index (χ1) is 14.1. The maximum atomic E-state index is 13.2. The molecule has 2 N–H and O–H groups in total. The molecule has 2 aromatic rings. The molecule has 2 aliphatic rings. The van der Waals surface area contributed by atoms with Gasteiger partial charge in [-0.2, -0.15) is 0 Å². The summed E-state index contributed by atoms with van der Waals surface area (Å²) in [6.45, 7) is 2.43. The topological polar surface area (TPSA) is 65.2 Å². The van der Waals surface area contributed by atoms with Crippen LogP contribution in [0, 0.1) is 6.92 Å². The van der Waals surface area contributed by atoms with Crippen LogP contribution in [0.4, 0.5) is 4.79 Å². The Bertz CT molecular complexity index is 908. The molecule has 0 radical (unpaired) electrons. The predicted octanol–water partition coefficient (Wildman–Crippen LogP) is 5.01. The number of aryl methyl sites for hydroxylation is 1. The molecule has 2 amide bonds. The molecule has 2 saturated carbocycles. The zero-order valence-electron chi connectivity index (χ0n) is 17.5. The summed E-state index contributed by atoms with van der Waals surface area (Å²) >= 11 is 0. The molecule has 1 aromatic carbocycles. The van der Waals surface area contributed by atoms with Crippen LogP contribution in [0.3, 0.4) is 0 Å². The number of carbonyl (C=O) groups excluding carboxylic acids is 1. The number of pyridine rings is 1. The van der Waals surface area contributed by atoms with Gasteiger partial charge in [-0.1, -0.05) is 50.2 Å². The van der Waals surface area contributed by atoms with E-state index >= 15 is 0 Å². The summed E-state index contributed by atoms with van der Waals surface area (Å²) in [6.07, 6.45) is 11.4. The van der Waals surface area contributed by atoms with Gasteiger partial charge >= 0.3 is 6.03 Å². The average Bonchev–Trinajstić information content (AvgIpc) is 2.73. The second kappa shape index (κ2) is 9.02. The van der Waals surface area contributed by atoms with Crippen LogP contribution in [0.1, 0.15) is 75.3 Å². The van der Waals surface area contributed by atoms with Crippen molar-refractivity contribution in [3.05, 3.63) is 45.7 Å². The van der Waals surface area contributed by atoms with Gasteiger partial charge in [0.05, 0.1) is 6.54 Å². The SMILES string of the molecule is Cc1ccc2[nH]c(=O)c(CN(C(=O)NC3CCCCC3)C3CCCCC3)cc2c1. The zero-order chi connectivity index (χ0) is 20.2. The summed E-state index contributed by atoms with van der Waals surface area (Å²) in [7, 11) is 0. The fraction of sp³-hybridized carbons (Fsp3) is 0.583. The van der Waals surface area contributed by atoms with Crippen molar-refractivity contribution in [1.29, 1.82) is 0 Å². The standard InChI is InChI=1S/C24H33N3O2/c1-17-12-13-22-18(14-17)15-19(23(28)26-22)16-27(21-10-6-3-7-11-21)24(29)25-20-8-4-2-5-9-20/h12-15,20-21H,2-11,16H2,1H3,(H,25,29)(H,26,28). The molecule has 1 heterocycles. The maximum Gasteiger partial charge on any atom is 0.318 e. The van der Waals surface area contributed by atoms with Crippen LogP contribution in [0.5, 0.6) is 0 Å². The van der Waals surface area contributed by atoms with E-state index in [1.807, 2.05) is 23.1 Å². The van der Waals surface area contributed by atoms with E-state index in [9.17, 15) is 9.59 Å². The molecular weight excluding hydrogens is 362 g/mol. The number of H-pyrrole nitrogens is 1. The van der Waals surface area contributed by atoms with E-state index in [0.29, 0.717) is 12.1 Å². The lowest BCUT2D eigenvalue weighted by atomic mass is 9.93. The highest BCUT2D eigenvalue weighted by Gasteiger charge is 2.28. The minimum atomic E-state index is -0.0902. The minimum absolute atomic E-state index is 0.00698. The third-order valence-corrected chi connectivity index (χ3v) is 6.63. The Hall–Kier alpha value is -2.30. The second-order valence-electron chi connectivity index (χ2n) is 8.92. The highest BCUT2D eigenvalue weighted by atomic mass is 16.2. The Morgan fingerprint density at radius 2 is 1.72 bits per heavy atom. The second-order valence-corrected chi connectivity index (χ2v) is 8.92. The van der Waals surface area contributed by atoms with Crippen LogP contribution >= 0.6 is 0 Å². The minimum Gasteiger partial charge on any atom is -0.335 e. The molecule has 0 spiro atoms. The maximum absolute atomic E-state index is 13.2. The zero-order valence-corrected chi connectivity index (χ0v) is 17.5. The fourth-order valence-corrected chi connectivity index (χ4v) is 4.94. The quantitative estimate of drug-likeness (QED) is 0.764. The first kappa shape index (κ1) is 20.0. The molecule has 4 rings (SSSR count). The number of hydrogen-bond acceptors (Lipinski definition) is 2. The van der Waals surface area contributed by atoms with Gasteiger partial charge in [0.1, 0.15) is 0 Å². The monoisotopic (exact) mass is 395 g/mol. The Labute approximate surface area is 172 Å². The van der Waals surface area contributed by atoms with Gasteiger partial charge in [0.2, 0.25) is 0 Å². The van der Waals surface area contributed by atoms with Crippen molar-refractivity contribution in [3.8, 4) is 0 Å². The number of amides is 2. The van der Waals surface area contributed by atoms with E-state index < -0.39 is 0 Å². The lowest BCUT2D eigenvalue weighted by Gasteiger charge is -2.36. The Balaban J connectivity index is 1.58. The van der Waals surface area contributed by atoms with Gasteiger partial charge in [-0.05, 0) is 56.2 Å². The van der Waals surface area contributed by atoms with Gasteiger partial charge in [0.25, 0.3) is 5.56 Å². The lowest BCUT2D eigenvalue weighted by molar-refractivity contribution is 0.145. The molecule has 1 aromatic heterocycles. The van der Waals surface area contributed by atoms with Crippen molar-refractivity contribution < 1.29 is 4.79 Å². The molecule has 0 unspecified atom stereocenters. The van der Waals surface area contributed by atoms with Crippen molar-refractivity contribution in [2.45, 2.75) is 89.8 Å². The number of aromatic amines is 1. The summed E-state index contributed by atoms with van der Waals surface area (Å²) in [4.78, 5) is 30.9. The van der Waals surface area contributed by atoms with E-state index in [2.05, 4.69) is 23.3 Å². The van der Waals surface area contributed by atoms with Crippen molar-refractivity contribution in [2.75, 3.05) is 0 Å². The molecule has 2 aliphatic carbocycles. The van der Waals surface area contributed by atoms with E-state index in [0.717, 1.165) is 55.0 Å². The van der Waals surface area contributed by atoms with Gasteiger partial charge < -0.3 is 15.2 Å². The summed E-state index contributed by atoms with van der Waals surface area (Å²) in [6, 6.07) is 8.51. The van der Waals surface area contributed by atoms with Gasteiger partial charge in [0.15, 0.2) is 0 Å². The molecule has 5 heteroatoms. The lowest BCUT2D eigenvalue weighted by Crippen LogP contribution is -2.50. The number of rotatable bonds is 4. The number of urea groups is 1. The third-order valence-electron chi connectivity index (χ3n) is 6.63. The molecule has 0 atom stereocenters. The number of fused-ring (bicyclic) bond motifs is 1. The van der Waals surface area contributed by atoms with E-state index in [1.165, 1.54) is 25.7 Å². The van der Waals surface area contributed by atoms with Gasteiger partial charge in [0, 0.05) is 23.2 Å². The number of hydrogen-bond donors (Lipinski definition) is 2. The average molecular weight is 396 g/mol. The van der Waals surface area contributed by atoms with Crippen LogP contribution in [0.15, 0.2) is 29.1 Å². The van der Waals surface area contributed by atoms with Crippen LogP contribution < -0.4 is 10.9 Å². The molecule has 0 aliphatic heterocycles. The fourth-order valence-electron chi connectivity index (χ4n) is 4.94. The Morgan fingerprint density at radius 1 is 1.03 bits per heavy atom. The molecule has 5 nitrogen and oxygen atoms in total. The van der Waals surface area contributed by atoms with Gasteiger partial charge in [-0.15, -0.1) is 0 Å². The normalized spacial score (nSPS) is 18.7. The van der Waals surface area contributed by atoms with Gasteiger partial charge in [-0.25, -0.2) is 4.79 Å². The number of benzene rings is 1. The van der Waals surface area contributed by atoms with E-state index in [1.54, 1.807) is 0 Å². The van der Waals surface area contributed by atoms with Crippen LogP contribution in [0.25, 0.3) is 10.9 Å². The first-order valence-corrected chi connectivity index (χ1v) is 11.3. The van der Waals surface area contributed by atoms with Gasteiger partial charge in [-0.3, -0.25) is 4.79 Å². The summed E-state index contributed by atoms with van der Waals surface area (Å²) in [5.41, 5.74) is 2.59. The first-order valence-electron chi connectivity index (χ1n) is 11.3. The molecule has 0 bridgehead atoms. The molecule has 29 heavy (non-hydrogen) atoms. The smallest absolute Gasteiger partial charge is 0.318 e. The van der Waals surface area contributed by atoms with Crippen LogP contribution in [-0.2, 0) is 6.54 Å². The van der Waals surface area contributed by atoms with Crippen molar-refractivity contribution in [2.24, 2.45) is 0 Å². The van der Waals surface area contributed by atoms with Crippen LogP contribution in [0.2, 0.25) is 0 Å². The molecular formula is C24H33N3O2. The summed E-state index contributed by atoms with van der Waals surface area (Å²) < 4.78 is 0. The number of nitrogens with one attached hydrogen (secondary N) is 2. The Kier molecular flexibility index (Phi) is 6.22. The highest BCUT2D eigenvalue weighted by Crippen LogP contribution is 2.25. The van der Waals surface area contributed by atoms with Crippen molar-refractivity contribution in [1.82, 2.24) is 15.2 Å². The third kappa shape index (κ3) is 4.82. The van der Waals surface area contributed by atoms with Crippen LogP contribution in [-0.4, -0.2) is 28.0 Å². The van der Waals surface area contributed by atoms with Crippen molar-refractivity contribution >= 4 is 16.9 Å². The summed E-state index contributed by atoms with van der Waals surface area (Å²) in [5, 5.41) is 4.30. The number of carbonyl (C=O) groups is 1. The van der Waals surface area contributed by atoms with E-state index in [-0.39, 0.29) is 23.7 Å². The largest absolute Gasteiger partial charge is 0.335 e. The molecule has 156 valence electrons. The summed E-state index contributed by atoms with van der Waals surface area (Å²) in [5.74, 6) is 0. The Morgan fingerprint density at radius 3 is 2.45 bits per heavy atom. The van der Waals surface area contributed by atoms with E-state index in [4.69, 9.17) is 0 Å². The number of nitrogens with zero attached hydrogens (tertiary/aromatic N) is 1. The molecule has 2 fully saturated rings. The highest BCUT2D eigenvalue weighted by molar-refractivity contribution is 5.80. The number of aromatic nitrogens is 1. The molecule has 0 saturated heterocycles. The predicted molar refractivity (Wildman–Crippen MR) is 117 cm³/mol.